The molecule has 1 N–H and O–H groups in total. The lowest BCUT2D eigenvalue weighted by atomic mass is 9.67. The number of hydrogen-bond acceptors (Lipinski definition) is 3. The smallest absolute Gasteiger partial charge is 0.309 e. The Hall–Kier alpha value is -0.570. The van der Waals surface area contributed by atoms with Crippen LogP contribution in [-0.2, 0) is 9.53 Å². The molecule has 0 amide bonds. The topological polar surface area (TPSA) is 46.5 Å². The van der Waals surface area contributed by atoms with Gasteiger partial charge in [0.25, 0.3) is 0 Å². The van der Waals surface area contributed by atoms with Gasteiger partial charge in [0, 0.05) is 0 Å². The maximum Gasteiger partial charge on any atom is 0.309 e. The number of carbonyl (C=O) groups excluding carboxylic acids is 1. The van der Waals surface area contributed by atoms with E-state index in [1.54, 1.807) is 0 Å². The van der Waals surface area contributed by atoms with Crippen LogP contribution in [0.15, 0.2) is 0 Å². The van der Waals surface area contributed by atoms with E-state index < -0.39 is 0 Å². The summed E-state index contributed by atoms with van der Waals surface area (Å²) in [6, 6.07) is 0. The Balaban J connectivity index is 2.13. The van der Waals surface area contributed by atoms with E-state index in [-0.39, 0.29) is 23.9 Å². The molecule has 0 unspecified atom stereocenters. The Morgan fingerprint density at radius 1 is 1.38 bits per heavy atom. The van der Waals surface area contributed by atoms with E-state index in [1.807, 2.05) is 6.92 Å². The van der Waals surface area contributed by atoms with E-state index in [4.69, 9.17) is 4.74 Å². The summed E-state index contributed by atoms with van der Waals surface area (Å²) >= 11 is 0. The van der Waals surface area contributed by atoms with Crippen LogP contribution >= 0.6 is 0 Å². The highest BCUT2D eigenvalue weighted by Gasteiger charge is 2.48. The lowest BCUT2D eigenvalue weighted by Crippen LogP contribution is -2.43. The van der Waals surface area contributed by atoms with Crippen molar-refractivity contribution in [2.75, 3.05) is 6.61 Å². The molecule has 0 aromatic rings. The maximum atomic E-state index is 12.0. The van der Waals surface area contributed by atoms with Crippen LogP contribution in [0.3, 0.4) is 0 Å². The van der Waals surface area contributed by atoms with E-state index in [9.17, 15) is 9.90 Å². The van der Waals surface area contributed by atoms with Crippen LogP contribution in [0.2, 0.25) is 0 Å². The molecule has 2 fully saturated rings. The molecule has 0 aromatic carbocycles. The van der Waals surface area contributed by atoms with Crippen molar-refractivity contribution in [3.63, 3.8) is 0 Å². The molecule has 3 nitrogen and oxygen atoms in total. The third-order valence-electron chi connectivity index (χ3n) is 4.37. The van der Waals surface area contributed by atoms with Gasteiger partial charge in [-0.3, -0.25) is 4.79 Å². The fourth-order valence-corrected chi connectivity index (χ4v) is 3.71. The number of carbonyl (C=O) groups is 1. The second-order valence-corrected chi connectivity index (χ2v) is 5.32. The minimum atomic E-state index is -0.201. The first-order chi connectivity index (χ1) is 7.65. The maximum absolute atomic E-state index is 12.0. The molecule has 92 valence electrons. The SMILES string of the molecule is CCOC(=O)[C@H]1[C@@H]2CCC[C@@H]2[C@H](O)C[C@H]1C. The molecule has 3 heteroatoms. The molecule has 2 aliphatic carbocycles. The molecule has 0 heterocycles. The molecular formula is C13H22O3. The van der Waals surface area contributed by atoms with Gasteiger partial charge in [0.15, 0.2) is 0 Å². The number of aliphatic hydroxyl groups is 1. The van der Waals surface area contributed by atoms with Gasteiger partial charge in [0.05, 0.1) is 18.6 Å². The Bertz CT molecular complexity index is 264. The molecule has 2 rings (SSSR count). The van der Waals surface area contributed by atoms with Crippen molar-refractivity contribution in [3.8, 4) is 0 Å². The van der Waals surface area contributed by atoms with Gasteiger partial charge in [-0.05, 0) is 43.9 Å². The van der Waals surface area contributed by atoms with Crippen LogP contribution in [-0.4, -0.2) is 23.8 Å². The normalized spacial score (nSPS) is 42.8. The van der Waals surface area contributed by atoms with Crippen molar-refractivity contribution < 1.29 is 14.6 Å². The second-order valence-electron chi connectivity index (χ2n) is 5.32. The molecule has 5 atom stereocenters. The second kappa shape index (κ2) is 4.74. The van der Waals surface area contributed by atoms with Gasteiger partial charge in [-0.25, -0.2) is 0 Å². The minimum absolute atomic E-state index is 0.0239. The number of esters is 1. The molecule has 0 radical (unpaired) electrons. The van der Waals surface area contributed by atoms with Gasteiger partial charge < -0.3 is 9.84 Å². The summed E-state index contributed by atoms with van der Waals surface area (Å²) in [6.07, 6.45) is 3.86. The fourth-order valence-electron chi connectivity index (χ4n) is 3.71. The summed E-state index contributed by atoms with van der Waals surface area (Å²) in [5.74, 6) is 0.937. The first-order valence-electron chi connectivity index (χ1n) is 6.49. The molecule has 0 bridgehead atoms. The van der Waals surface area contributed by atoms with Crippen molar-refractivity contribution >= 4 is 5.97 Å². The average molecular weight is 226 g/mol. The highest BCUT2D eigenvalue weighted by molar-refractivity contribution is 5.73. The predicted octanol–water partition coefficient (Wildman–Crippen LogP) is 1.98. The van der Waals surface area contributed by atoms with Crippen molar-refractivity contribution in [2.24, 2.45) is 23.7 Å². The van der Waals surface area contributed by atoms with E-state index in [0.717, 1.165) is 25.7 Å². The fraction of sp³-hybridized carbons (Fsp3) is 0.923. The monoisotopic (exact) mass is 226 g/mol. The summed E-state index contributed by atoms with van der Waals surface area (Å²) in [6.45, 7) is 4.38. The number of rotatable bonds is 2. The van der Waals surface area contributed by atoms with Crippen molar-refractivity contribution in [1.82, 2.24) is 0 Å². The van der Waals surface area contributed by atoms with Gasteiger partial charge in [0.2, 0.25) is 0 Å². The number of aliphatic hydroxyl groups excluding tert-OH is 1. The summed E-state index contributed by atoms with van der Waals surface area (Å²) in [4.78, 5) is 12.0. The van der Waals surface area contributed by atoms with Gasteiger partial charge >= 0.3 is 5.97 Å². The van der Waals surface area contributed by atoms with Crippen LogP contribution in [0.25, 0.3) is 0 Å². The van der Waals surface area contributed by atoms with E-state index in [2.05, 4.69) is 6.92 Å². The average Bonchev–Trinajstić information content (AvgIpc) is 2.66. The molecule has 0 aromatic heterocycles. The summed E-state index contributed by atoms with van der Waals surface area (Å²) in [7, 11) is 0. The van der Waals surface area contributed by atoms with Crippen LogP contribution in [0, 0.1) is 23.7 Å². The quantitative estimate of drug-likeness (QED) is 0.732. The number of hydrogen-bond donors (Lipinski definition) is 1. The molecule has 2 aliphatic rings. The molecule has 2 saturated carbocycles. The van der Waals surface area contributed by atoms with Crippen LogP contribution in [0.4, 0.5) is 0 Å². The lowest BCUT2D eigenvalue weighted by Gasteiger charge is -2.40. The van der Waals surface area contributed by atoms with Gasteiger partial charge in [-0.1, -0.05) is 13.3 Å². The van der Waals surface area contributed by atoms with Crippen LogP contribution in [0.1, 0.15) is 39.5 Å². The Labute approximate surface area is 97.2 Å². The van der Waals surface area contributed by atoms with Gasteiger partial charge in [-0.15, -0.1) is 0 Å². The summed E-state index contributed by atoms with van der Waals surface area (Å²) < 4.78 is 5.17. The molecule has 0 aliphatic heterocycles. The first kappa shape index (κ1) is 11.9. The number of ether oxygens (including phenoxy) is 1. The Morgan fingerprint density at radius 2 is 2.06 bits per heavy atom. The van der Waals surface area contributed by atoms with Crippen molar-refractivity contribution in [1.29, 1.82) is 0 Å². The molecule has 0 saturated heterocycles. The van der Waals surface area contributed by atoms with Crippen LogP contribution < -0.4 is 0 Å². The van der Waals surface area contributed by atoms with E-state index in [1.165, 1.54) is 0 Å². The van der Waals surface area contributed by atoms with Crippen molar-refractivity contribution in [3.05, 3.63) is 0 Å². The standard InChI is InChI=1S/C13H22O3/c1-3-16-13(15)12-8(2)7-11(14)9-5-4-6-10(9)12/h8-12,14H,3-7H2,1-2H3/t8-,9+,10-,11-,12-/m1/s1. The van der Waals surface area contributed by atoms with E-state index in [0.29, 0.717) is 18.4 Å². The third kappa shape index (κ3) is 1.97. The van der Waals surface area contributed by atoms with Gasteiger partial charge in [-0.2, -0.15) is 0 Å². The van der Waals surface area contributed by atoms with Crippen molar-refractivity contribution in [2.45, 2.75) is 45.6 Å². The highest BCUT2D eigenvalue weighted by Crippen LogP contribution is 2.48. The molecule has 16 heavy (non-hydrogen) atoms. The lowest BCUT2D eigenvalue weighted by molar-refractivity contribution is -0.157. The van der Waals surface area contributed by atoms with Crippen LogP contribution in [0.5, 0.6) is 0 Å². The Morgan fingerprint density at radius 3 is 2.75 bits per heavy atom. The van der Waals surface area contributed by atoms with E-state index >= 15 is 0 Å². The molecular weight excluding hydrogens is 204 g/mol. The zero-order valence-electron chi connectivity index (χ0n) is 10.2. The minimum Gasteiger partial charge on any atom is -0.466 e. The zero-order valence-corrected chi connectivity index (χ0v) is 10.2. The Kier molecular flexibility index (Phi) is 3.53. The summed E-state index contributed by atoms with van der Waals surface area (Å²) in [5, 5.41) is 10.0. The largest absolute Gasteiger partial charge is 0.466 e. The molecule has 0 spiro atoms. The zero-order chi connectivity index (χ0) is 11.7. The highest BCUT2D eigenvalue weighted by atomic mass is 16.5. The summed E-state index contributed by atoms with van der Waals surface area (Å²) in [5.41, 5.74) is 0. The first-order valence-corrected chi connectivity index (χ1v) is 6.49. The number of fused-ring (bicyclic) bond motifs is 1. The van der Waals surface area contributed by atoms with Gasteiger partial charge in [0.1, 0.15) is 0 Å². The third-order valence-corrected chi connectivity index (χ3v) is 4.37. The predicted molar refractivity (Wildman–Crippen MR) is 60.7 cm³/mol.